The Labute approximate surface area is 142 Å². The minimum absolute atomic E-state index is 0.00891. The molecule has 2 N–H and O–H groups in total. The summed E-state index contributed by atoms with van der Waals surface area (Å²) in [6.07, 6.45) is 1.89. The first kappa shape index (κ1) is 18.7. The third-order valence-corrected chi connectivity index (χ3v) is 5.42. The zero-order valence-electron chi connectivity index (χ0n) is 14.2. The van der Waals surface area contributed by atoms with E-state index in [4.69, 9.17) is 9.47 Å². The van der Waals surface area contributed by atoms with E-state index in [1.54, 1.807) is 19.1 Å². The first-order valence-corrected chi connectivity index (χ1v) is 9.38. The molecule has 7 nitrogen and oxygen atoms in total. The van der Waals surface area contributed by atoms with Crippen molar-refractivity contribution < 1.29 is 22.7 Å². The molecule has 134 valence electrons. The van der Waals surface area contributed by atoms with Crippen molar-refractivity contribution >= 4 is 15.9 Å². The lowest BCUT2D eigenvalue weighted by Crippen LogP contribution is -2.46. The first-order chi connectivity index (χ1) is 11.3. The monoisotopic (exact) mass is 356 g/mol. The van der Waals surface area contributed by atoms with Crippen molar-refractivity contribution in [1.82, 2.24) is 10.0 Å². The number of hydrogen-bond acceptors (Lipinski definition) is 5. The van der Waals surface area contributed by atoms with Crippen LogP contribution in [0.5, 0.6) is 5.75 Å². The fourth-order valence-electron chi connectivity index (χ4n) is 2.52. The highest BCUT2D eigenvalue weighted by atomic mass is 32.2. The third-order valence-electron chi connectivity index (χ3n) is 3.86. The molecule has 0 unspecified atom stereocenters. The van der Waals surface area contributed by atoms with Crippen LogP contribution in [0.25, 0.3) is 0 Å². The van der Waals surface area contributed by atoms with Crippen molar-refractivity contribution in [2.45, 2.75) is 43.7 Å². The van der Waals surface area contributed by atoms with Crippen molar-refractivity contribution in [3.63, 3.8) is 0 Å². The van der Waals surface area contributed by atoms with E-state index in [0.717, 1.165) is 18.4 Å². The largest absolute Gasteiger partial charge is 0.495 e. The van der Waals surface area contributed by atoms with E-state index in [-0.39, 0.29) is 22.7 Å². The molecule has 1 saturated heterocycles. The standard InChI is InChI=1S/C16H24N2O5S/c1-11-6-7-14(22-3)15(9-11)24(20,21)18-12(2)16(19)17-10-13-5-4-8-23-13/h6-7,9,12-13,18H,4-5,8,10H2,1-3H3,(H,17,19)/t12-,13+/m1/s1. The molecule has 0 spiro atoms. The molecule has 1 amide bonds. The molecule has 2 rings (SSSR count). The Bertz CT molecular complexity index is 684. The number of ether oxygens (including phenoxy) is 2. The number of nitrogens with one attached hydrogen (secondary N) is 2. The van der Waals surface area contributed by atoms with E-state index in [2.05, 4.69) is 10.0 Å². The Morgan fingerprint density at radius 1 is 1.46 bits per heavy atom. The summed E-state index contributed by atoms with van der Waals surface area (Å²) in [6.45, 7) is 4.38. The second-order valence-corrected chi connectivity index (χ2v) is 7.56. The van der Waals surface area contributed by atoms with Gasteiger partial charge in [-0.15, -0.1) is 0 Å². The van der Waals surface area contributed by atoms with E-state index < -0.39 is 16.1 Å². The molecule has 0 aromatic heterocycles. The highest BCUT2D eigenvalue weighted by molar-refractivity contribution is 7.89. The van der Waals surface area contributed by atoms with Crippen LogP contribution in [0.15, 0.2) is 23.1 Å². The highest BCUT2D eigenvalue weighted by Gasteiger charge is 2.26. The van der Waals surface area contributed by atoms with Gasteiger partial charge in [0, 0.05) is 13.2 Å². The number of hydrogen-bond donors (Lipinski definition) is 2. The second-order valence-electron chi connectivity index (χ2n) is 5.88. The molecule has 0 radical (unpaired) electrons. The van der Waals surface area contributed by atoms with Gasteiger partial charge in [0.15, 0.2) is 0 Å². The van der Waals surface area contributed by atoms with E-state index in [0.29, 0.717) is 13.2 Å². The molecule has 2 atom stereocenters. The van der Waals surface area contributed by atoms with Gasteiger partial charge in [0.2, 0.25) is 15.9 Å². The number of aryl methyl sites for hydroxylation is 1. The van der Waals surface area contributed by atoms with Crippen LogP contribution in [-0.2, 0) is 19.6 Å². The van der Waals surface area contributed by atoms with Gasteiger partial charge in [-0.05, 0) is 44.4 Å². The van der Waals surface area contributed by atoms with Gasteiger partial charge >= 0.3 is 0 Å². The summed E-state index contributed by atoms with van der Waals surface area (Å²) in [5, 5.41) is 2.72. The van der Waals surface area contributed by atoms with Gasteiger partial charge in [-0.1, -0.05) is 6.07 Å². The summed E-state index contributed by atoms with van der Waals surface area (Å²) in [7, 11) is -2.47. The number of benzene rings is 1. The Hall–Kier alpha value is -1.64. The van der Waals surface area contributed by atoms with Gasteiger partial charge in [-0.25, -0.2) is 8.42 Å². The minimum Gasteiger partial charge on any atom is -0.495 e. The molecular formula is C16H24N2O5S. The molecule has 1 aliphatic rings. The maximum absolute atomic E-state index is 12.5. The Morgan fingerprint density at radius 2 is 2.21 bits per heavy atom. The zero-order valence-corrected chi connectivity index (χ0v) is 15.0. The number of amides is 1. The molecule has 8 heteroatoms. The smallest absolute Gasteiger partial charge is 0.244 e. The van der Waals surface area contributed by atoms with E-state index >= 15 is 0 Å². The first-order valence-electron chi connectivity index (χ1n) is 7.90. The summed E-state index contributed by atoms with van der Waals surface area (Å²) < 4.78 is 38.0. The fourth-order valence-corrected chi connectivity index (χ4v) is 3.97. The number of rotatable bonds is 7. The van der Waals surface area contributed by atoms with Crippen LogP contribution in [0.3, 0.4) is 0 Å². The quantitative estimate of drug-likeness (QED) is 0.759. The minimum atomic E-state index is -3.87. The molecule has 0 aliphatic carbocycles. The molecule has 1 aromatic rings. The lowest BCUT2D eigenvalue weighted by Gasteiger charge is -2.17. The van der Waals surface area contributed by atoms with Crippen molar-refractivity contribution in [3.05, 3.63) is 23.8 Å². The number of carbonyl (C=O) groups excluding carboxylic acids is 1. The van der Waals surface area contributed by atoms with Crippen LogP contribution in [-0.4, -0.2) is 46.7 Å². The molecular weight excluding hydrogens is 332 g/mol. The van der Waals surface area contributed by atoms with Crippen molar-refractivity contribution in [2.24, 2.45) is 0 Å². The van der Waals surface area contributed by atoms with Crippen LogP contribution in [0, 0.1) is 6.92 Å². The summed E-state index contributed by atoms with van der Waals surface area (Å²) in [4.78, 5) is 12.1. The number of methoxy groups -OCH3 is 1. The molecule has 1 aromatic carbocycles. The van der Waals surface area contributed by atoms with E-state index in [1.807, 2.05) is 0 Å². The topological polar surface area (TPSA) is 93.7 Å². The Morgan fingerprint density at radius 3 is 2.83 bits per heavy atom. The molecule has 1 aliphatic heterocycles. The maximum Gasteiger partial charge on any atom is 0.244 e. The molecule has 1 fully saturated rings. The van der Waals surface area contributed by atoms with Gasteiger partial charge in [-0.2, -0.15) is 4.72 Å². The lowest BCUT2D eigenvalue weighted by molar-refractivity contribution is -0.122. The predicted octanol–water partition coefficient (Wildman–Crippen LogP) is 0.966. The van der Waals surface area contributed by atoms with Crippen molar-refractivity contribution in [3.8, 4) is 5.75 Å². The predicted molar refractivity (Wildman–Crippen MR) is 89.5 cm³/mol. The van der Waals surface area contributed by atoms with E-state index in [1.165, 1.54) is 20.1 Å². The molecule has 1 heterocycles. The van der Waals surface area contributed by atoms with Gasteiger partial charge in [-0.3, -0.25) is 4.79 Å². The van der Waals surface area contributed by atoms with Crippen molar-refractivity contribution in [1.29, 1.82) is 0 Å². The normalized spacial score (nSPS) is 19.0. The van der Waals surface area contributed by atoms with Gasteiger partial charge in [0.05, 0.1) is 19.3 Å². The van der Waals surface area contributed by atoms with Crippen LogP contribution in [0.1, 0.15) is 25.3 Å². The summed E-state index contributed by atoms with van der Waals surface area (Å²) in [6, 6.07) is 3.96. The number of carbonyl (C=O) groups is 1. The lowest BCUT2D eigenvalue weighted by atomic mass is 10.2. The summed E-state index contributed by atoms with van der Waals surface area (Å²) in [5.74, 6) is -0.152. The van der Waals surface area contributed by atoms with Crippen molar-refractivity contribution in [2.75, 3.05) is 20.3 Å². The molecule has 0 saturated carbocycles. The molecule has 24 heavy (non-hydrogen) atoms. The summed E-state index contributed by atoms with van der Waals surface area (Å²) >= 11 is 0. The van der Waals surface area contributed by atoms with Crippen LogP contribution < -0.4 is 14.8 Å². The third kappa shape index (κ3) is 4.68. The van der Waals surface area contributed by atoms with Gasteiger partial charge in [0.25, 0.3) is 0 Å². The van der Waals surface area contributed by atoms with E-state index in [9.17, 15) is 13.2 Å². The van der Waals surface area contributed by atoms with Crippen LogP contribution in [0.4, 0.5) is 0 Å². The van der Waals surface area contributed by atoms with Crippen LogP contribution >= 0.6 is 0 Å². The average molecular weight is 356 g/mol. The highest BCUT2D eigenvalue weighted by Crippen LogP contribution is 2.24. The van der Waals surface area contributed by atoms with Gasteiger partial charge in [0.1, 0.15) is 10.6 Å². The van der Waals surface area contributed by atoms with Gasteiger partial charge < -0.3 is 14.8 Å². The Kier molecular flexibility index (Phi) is 6.20. The summed E-state index contributed by atoms with van der Waals surface area (Å²) in [5.41, 5.74) is 0.784. The fraction of sp³-hybridized carbons (Fsp3) is 0.562. The Balaban J connectivity index is 2.02. The molecule has 0 bridgehead atoms. The SMILES string of the molecule is COc1ccc(C)cc1S(=O)(=O)N[C@H](C)C(=O)NC[C@@H]1CCCO1. The maximum atomic E-state index is 12.5. The second kappa shape index (κ2) is 7.96. The zero-order chi connectivity index (χ0) is 17.7. The average Bonchev–Trinajstić information content (AvgIpc) is 3.05. The number of sulfonamides is 1. The van der Waals surface area contributed by atoms with Crippen LogP contribution in [0.2, 0.25) is 0 Å².